The van der Waals surface area contributed by atoms with Crippen LogP contribution in [0, 0.1) is 34.5 Å². The lowest BCUT2D eigenvalue weighted by molar-refractivity contribution is -0.293. The van der Waals surface area contributed by atoms with Gasteiger partial charge in [0, 0.05) is 76.8 Å². The zero-order valence-electron chi connectivity index (χ0n) is 19.7. The van der Waals surface area contributed by atoms with Gasteiger partial charge in [-0.25, -0.2) is 0 Å². The topological polar surface area (TPSA) is 99.0 Å². The molecular weight excluding hydrogens is 414 g/mol. The number of hydrogen-bond acceptors (Lipinski definition) is 8. The molecule has 0 amide bonds. The molecule has 1 aliphatic heterocycles. The zero-order chi connectivity index (χ0) is 22.7. The summed E-state index contributed by atoms with van der Waals surface area (Å²) in [4.78, 5) is 5.08. The van der Waals surface area contributed by atoms with Crippen molar-refractivity contribution in [1.29, 1.82) is 0 Å². The van der Waals surface area contributed by atoms with E-state index < -0.39 is 28.8 Å². The van der Waals surface area contributed by atoms with E-state index in [-0.39, 0.29) is 47.4 Å². The highest BCUT2D eigenvalue weighted by atomic mass is 16.5. The highest BCUT2D eigenvalue weighted by Gasteiger charge is 2.90. The van der Waals surface area contributed by atoms with E-state index in [2.05, 4.69) is 0 Å². The third-order valence-corrected chi connectivity index (χ3v) is 10.8. The van der Waals surface area contributed by atoms with Crippen LogP contribution < -0.4 is 0 Å². The SMILES string of the molecule is COC[C@@]12C=N[C@H]3[C@]4([C@@H](OC)CC1)[C@@H]1C[C@@H]5[C@@H](OC)C[C@@](O)(C1[C@H]5OC)[C@@]3(O)[C@@H](OC)[C@H]24. The second-order valence-corrected chi connectivity index (χ2v) is 11.2. The van der Waals surface area contributed by atoms with Crippen molar-refractivity contribution in [3.8, 4) is 0 Å². The molecule has 6 aliphatic rings. The molecule has 0 aromatic carbocycles. The van der Waals surface area contributed by atoms with Gasteiger partial charge < -0.3 is 33.9 Å². The van der Waals surface area contributed by atoms with Gasteiger partial charge in [0.25, 0.3) is 0 Å². The van der Waals surface area contributed by atoms with Crippen LogP contribution in [0.25, 0.3) is 0 Å². The summed E-state index contributed by atoms with van der Waals surface area (Å²) in [5, 5.41) is 25.2. The number of nitrogens with zero attached hydrogens (tertiary/aromatic N) is 1. The van der Waals surface area contributed by atoms with Crippen LogP contribution in [0.5, 0.6) is 0 Å². The predicted octanol–water partition coefficient (Wildman–Crippen LogP) is 0.674. The van der Waals surface area contributed by atoms with Gasteiger partial charge in [-0.05, 0) is 25.2 Å². The minimum absolute atomic E-state index is 0.0666. The second kappa shape index (κ2) is 6.74. The molecule has 8 nitrogen and oxygen atoms in total. The van der Waals surface area contributed by atoms with Crippen molar-refractivity contribution in [2.45, 2.75) is 67.3 Å². The monoisotopic (exact) mass is 451 g/mol. The molecule has 0 saturated heterocycles. The van der Waals surface area contributed by atoms with Gasteiger partial charge in [-0.2, -0.15) is 0 Å². The molecule has 32 heavy (non-hydrogen) atoms. The van der Waals surface area contributed by atoms with Crippen LogP contribution in [0.4, 0.5) is 0 Å². The van der Waals surface area contributed by atoms with Gasteiger partial charge in [-0.1, -0.05) is 0 Å². The molecule has 1 spiro atoms. The molecule has 1 unspecified atom stereocenters. The maximum absolute atomic E-state index is 12.7. The number of rotatable bonds is 6. The standard InChI is InChI=1S/C24H37NO7/c1-28-11-21-7-6-15(30-3)23-13-8-12-14(29-2)9-22(26,16(13)17(12)31-4)24(27,20(23)25-10-21)19(32-5)18(21)23/h10,12-20,26-27H,6-9,11H2,1-5H3/t12-,13-,14+,15+,16?,17+,18-,19+,20+,21+,22-,23+,24-/m1/s1. The smallest absolute Gasteiger partial charge is 0.143 e. The number of aliphatic imine (C=N–C) groups is 1. The van der Waals surface area contributed by atoms with E-state index in [0.29, 0.717) is 13.0 Å². The summed E-state index contributed by atoms with van der Waals surface area (Å²) in [7, 11) is 8.55. The second-order valence-electron chi connectivity index (χ2n) is 11.2. The lowest BCUT2D eigenvalue weighted by Gasteiger charge is -2.65. The summed E-state index contributed by atoms with van der Waals surface area (Å²) in [5.41, 5.74) is -3.81. The molecule has 13 atom stereocenters. The Kier molecular flexibility index (Phi) is 4.61. The van der Waals surface area contributed by atoms with E-state index in [1.165, 1.54) is 0 Å². The van der Waals surface area contributed by atoms with Crippen molar-refractivity contribution in [3.05, 3.63) is 0 Å². The molecule has 180 valence electrons. The minimum atomic E-state index is -1.57. The molecule has 5 fully saturated rings. The van der Waals surface area contributed by atoms with Crippen molar-refractivity contribution in [2.24, 2.45) is 39.5 Å². The Balaban J connectivity index is 1.65. The van der Waals surface area contributed by atoms with E-state index in [1.807, 2.05) is 6.21 Å². The average molecular weight is 452 g/mol. The third kappa shape index (κ3) is 1.98. The van der Waals surface area contributed by atoms with Gasteiger partial charge in [0.1, 0.15) is 11.2 Å². The highest BCUT2D eigenvalue weighted by Crippen LogP contribution is 2.79. The normalized spacial score (nSPS) is 61.3. The fourth-order valence-electron chi connectivity index (χ4n) is 10.2. The molecular formula is C24H37NO7. The lowest BCUT2D eigenvalue weighted by Crippen LogP contribution is -2.77. The van der Waals surface area contributed by atoms with Crippen molar-refractivity contribution in [1.82, 2.24) is 0 Å². The van der Waals surface area contributed by atoms with Crippen molar-refractivity contribution in [2.75, 3.05) is 42.2 Å². The molecule has 5 saturated carbocycles. The lowest BCUT2D eigenvalue weighted by atomic mass is 9.44. The first-order valence-corrected chi connectivity index (χ1v) is 11.9. The number of ether oxygens (including phenoxy) is 5. The molecule has 0 aromatic rings. The predicted molar refractivity (Wildman–Crippen MR) is 115 cm³/mol. The van der Waals surface area contributed by atoms with Crippen LogP contribution in [0.3, 0.4) is 0 Å². The maximum Gasteiger partial charge on any atom is 0.143 e. The Hall–Kier alpha value is -0.610. The molecule has 1 heterocycles. The maximum atomic E-state index is 12.7. The fraction of sp³-hybridized carbons (Fsp3) is 0.958. The van der Waals surface area contributed by atoms with Gasteiger partial charge in [0.05, 0.1) is 37.1 Å². The minimum Gasteiger partial charge on any atom is -0.386 e. The number of aliphatic hydroxyl groups is 2. The van der Waals surface area contributed by atoms with Crippen LogP contribution in [-0.4, -0.2) is 100 Å². The summed E-state index contributed by atoms with van der Waals surface area (Å²) in [6.45, 7) is 0.510. The largest absolute Gasteiger partial charge is 0.386 e. The Morgan fingerprint density at radius 2 is 1.81 bits per heavy atom. The summed E-state index contributed by atoms with van der Waals surface area (Å²) in [5.74, 6) is -0.0448. The Morgan fingerprint density at radius 3 is 2.44 bits per heavy atom. The quantitative estimate of drug-likeness (QED) is 0.613. The van der Waals surface area contributed by atoms with E-state index in [9.17, 15) is 10.2 Å². The van der Waals surface area contributed by atoms with E-state index in [0.717, 1.165) is 19.3 Å². The summed E-state index contributed by atoms with van der Waals surface area (Å²) in [6, 6.07) is -0.502. The van der Waals surface area contributed by atoms with E-state index in [4.69, 9.17) is 28.7 Å². The first kappa shape index (κ1) is 21.9. The van der Waals surface area contributed by atoms with Crippen molar-refractivity contribution in [3.63, 3.8) is 0 Å². The van der Waals surface area contributed by atoms with Crippen LogP contribution in [0.1, 0.15) is 25.7 Å². The molecule has 0 aromatic heterocycles. The molecule has 8 heteroatoms. The zero-order valence-corrected chi connectivity index (χ0v) is 19.7. The van der Waals surface area contributed by atoms with Crippen LogP contribution >= 0.6 is 0 Å². The Bertz CT molecular complexity index is 824. The van der Waals surface area contributed by atoms with E-state index in [1.54, 1.807) is 35.5 Å². The van der Waals surface area contributed by atoms with Gasteiger partial charge >= 0.3 is 0 Å². The Morgan fingerprint density at radius 1 is 1.03 bits per heavy atom. The first-order chi connectivity index (χ1) is 15.4. The molecule has 5 aliphatic carbocycles. The van der Waals surface area contributed by atoms with Crippen LogP contribution in [0.2, 0.25) is 0 Å². The van der Waals surface area contributed by atoms with Gasteiger partial charge in [0.15, 0.2) is 0 Å². The fourth-order valence-corrected chi connectivity index (χ4v) is 10.2. The molecule has 7 bridgehead atoms. The highest BCUT2D eigenvalue weighted by molar-refractivity contribution is 5.72. The van der Waals surface area contributed by atoms with Crippen molar-refractivity contribution >= 4 is 6.21 Å². The molecule has 0 radical (unpaired) electrons. The van der Waals surface area contributed by atoms with Crippen LogP contribution in [-0.2, 0) is 23.7 Å². The number of fused-ring (bicyclic) bond motifs is 2. The number of methoxy groups -OCH3 is 5. The summed E-state index contributed by atoms with van der Waals surface area (Å²) in [6.07, 6.45) is 3.90. The third-order valence-electron chi connectivity index (χ3n) is 10.8. The molecule has 6 rings (SSSR count). The van der Waals surface area contributed by atoms with Gasteiger partial charge in [-0.15, -0.1) is 0 Å². The van der Waals surface area contributed by atoms with Crippen LogP contribution in [0.15, 0.2) is 4.99 Å². The average Bonchev–Trinajstić information content (AvgIpc) is 3.18. The Labute approximate surface area is 189 Å². The number of hydrogen-bond donors (Lipinski definition) is 2. The van der Waals surface area contributed by atoms with E-state index >= 15 is 0 Å². The van der Waals surface area contributed by atoms with Gasteiger partial charge in [-0.3, -0.25) is 4.99 Å². The summed E-state index contributed by atoms with van der Waals surface area (Å²) < 4.78 is 30.1. The van der Waals surface area contributed by atoms with Gasteiger partial charge in [0.2, 0.25) is 0 Å². The molecule has 2 N–H and O–H groups in total. The summed E-state index contributed by atoms with van der Waals surface area (Å²) >= 11 is 0. The first-order valence-electron chi connectivity index (χ1n) is 11.9. The van der Waals surface area contributed by atoms with Crippen molar-refractivity contribution < 1.29 is 33.9 Å².